The Hall–Kier alpha value is -0.810. The summed E-state index contributed by atoms with van der Waals surface area (Å²) in [5.41, 5.74) is -0.419. The predicted molar refractivity (Wildman–Crippen MR) is 91.5 cm³/mol. The molecule has 2 aliphatic rings. The second-order valence-corrected chi connectivity index (χ2v) is 8.09. The molecular formula is C18H34N2O3. The second-order valence-electron chi connectivity index (χ2n) is 8.09. The molecule has 0 radical (unpaired) electrons. The minimum absolute atomic E-state index is 0.169. The monoisotopic (exact) mass is 326 g/mol. The molecule has 2 heterocycles. The van der Waals surface area contributed by atoms with Gasteiger partial charge >= 0.3 is 6.09 Å². The third-order valence-corrected chi connectivity index (χ3v) is 4.86. The number of rotatable bonds is 5. The molecule has 0 spiro atoms. The quantitative estimate of drug-likeness (QED) is 0.844. The smallest absolute Gasteiger partial charge is 0.410 e. The number of hydrogen-bond donors (Lipinski definition) is 1. The van der Waals surface area contributed by atoms with E-state index in [1.807, 2.05) is 25.7 Å². The van der Waals surface area contributed by atoms with Crippen LogP contribution in [0.2, 0.25) is 0 Å². The first kappa shape index (κ1) is 18.5. The van der Waals surface area contributed by atoms with Crippen LogP contribution in [0.3, 0.4) is 0 Å². The van der Waals surface area contributed by atoms with Crippen LogP contribution < -0.4 is 5.32 Å². The van der Waals surface area contributed by atoms with Gasteiger partial charge in [-0.25, -0.2) is 4.79 Å². The van der Waals surface area contributed by atoms with Crippen molar-refractivity contribution >= 4 is 6.09 Å². The van der Waals surface area contributed by atoms with Gasteiger partial charge in [0.1, 0.15) is 5.60 Å². The highest BCUT2D eigenvalue weighted by Gasteiger charge is 2.30. The van der Waals surface area contributed by atoms with Gasteiger partial charge in [0.15, 0.2) is 0 Å². The molecule has 1 N–H and O–H groups in total. The number of carbonyl (C=O) groups excluding carboxylic acids is 1. The van der Waals surface area contributed by atoms with E-state index in [1.165, 1.54) is 19.3 Å². The van der Waals surface area contributed by atoms with E-state index in [2.05, 4.69) is 12.2 Å². The van der Waals surface area contributed by atoms with E-state index in [1.54, 1.807) is 0 Å². The number of nitrogens with zero attached hydrogens (tertiary/aromatic N) is 1. The van der Waals surface area contributed by atoms with Crippen molar-refractivity contribution in [3.63, 3.8) is 0 Å². The average Bonchev–Trinajstić information content (AvgIpc) is 2.99. The molecule has 0 saturated carbocycles. The molecule has 3 atom stereocenters. The van der Waals surface area contributed by atoms with E-state index in [9.17, 15) is 4.79 Å². The number of hydrogen-bond acceptors (Lipinski definition) is 4. The standard InChI is InChI=1S/C18H34N2O3/c1-14(19-9-7-15-8-11-22-13-15)16-6-5-10-20(12-16)17(21)23-18(2,3)4/h14-16,19H,5-13H2,1-4H3. The van der Waals surface area contributed by atoms with Gasteiger partial charge in [-0.3, -0.25) is 0 Å². The number of piperidine rings is 1. The molecule has 134 valence electrons. The molecule has 2 fully saturated rings. The fourth-order valence-electron chi connectivity index (χ4n) is 3.40. The van der Waals surface area contributed by atoms with Gasteiger partial charge in [0, 0.05) is 32.3 Å². The maximum atomic E-state index is 12.2. The Balaban J connectivity index is 1.72. The summed E-state index contributed by atoms with van der Waals surface area (Å²) in [5.74, 6) is 1.23. The maximum absolute atomic E-state index is 12.2. The van der Waals surface area contributed by atoms with Crippen LogP contribution in [0.4, 0.5) is 4.79 Å². The zero-order chi connectivity index (χ0) is 16.9. The maximum Gasteiger partial charge on any atom is 0.410 e. The van der Waals surface area contributed by atoms with Crippen LogP contribution in [0, 0.1) is 11.8 Å². The van der Waals surface area contributed by atoms with Crippen molar-refractivity contribution in [3.05, 3.63) is 0 Å². The van der Waals surface area contributed by atoms with Crippen molar-refractivity contribution in [1.29, 1.82) is 0 Å². The normalized spacial score (nSPS) is 27.0. The molecule has 23 heavy (non-hydrogen) atoms. The highest BCUT2D eigenvalue weighted by Crippen LogP contribution is 2.22. The summed E-state index contributed by atoms with van der Waals surface area (Å²) >= 11 is 0. The number of ether oxygens (including phenoxy) is 2. The van der Waals surface area contributed by atoms with Gasteiger partial charge in [-0.2, -0.15) is 0 Å². The van der Waals surface area contributed by atoms with E-state index >= 15 is 0 Å². The molecule has 5 nitrogen and oxygen atoms in total. The molecule has 5 heteroatoms. The van der Waals surface area contributed by atoms with E-state index in [0.29, 0.717) is 12.0 Å². The zero-order valence-corrected chi connectivity index (χ0v) is 15.3. The molecule has 2 rings (SSSR count). The Labute approximate surface area is 141 Å². The molecule has 2 aliphatic heterocycles. The lowest BCUT2D eigenvalue weighted by Gasteiger charge is -2.37. The lowest BCUT2D eigenvalue weighted by atomic mass is 9.91. The van der Waals surface area contributed by atoms with Gasteiger partial charge in [0.25, 0.3) is 0 Å². The third kappa shape index (κ3) is 6.30. The van der Waals surface area contributed by atoms with Gasteiger partial charge in [-0.05, 0) is 71.8 Å². The molecule has 1 amide bonds. The number of amides is 1. The SMILES string of the molecule is CC(NCCC1CCOC1)C1CCCN(C(=O)OC(C)(C)C)C1. The fourth-order valence-corrected chi connectivity index (χ4v) is 3.40. The van der Waals surface area contributed by atoms with Crippen molar-refractivity contribution in [2.45, 2.75) is 65.0 Å². The summed E-state index contributed by atoms with van der Waals surface area (Å²) in [7, 11) is 0. The number of nitrogens with one attached hydrogen (secondary N) is 1. The zero-order valence-electron chi connectivity index (χ0n) is 15.3. The first-order valence-electron chi connectivity index (χ1n) is 9.14. The second kappa shape index (κ2) is 8.34. The van der Waals surface area contributed by atoms with Crippen LogP contribution in [0.1, 0.15) is 53.4 Å². The first-order chi connectivity index (χ1) is 10.8. The average molecular weight is 326 g/mol. The Morgan fingerprint density at radius 3 is 2.83 bits per heavy atom. The number of carbonyl (C=O) groups is 1. The summed E-state index contributed by atoms with van der Waals surface area (Å²) in [6, 6.07) is 0.433. The highest BCUT2D eigenvalue weighted by molar-refractivity contribution is 5.68. The molecule has 0 aromatic heterocycles. The Kier molecular flexibility index (Phi) is 6.72. The van der Waals surface area contributed by atoms with Gasteiger partial charge in [0.2, 0.25) is 0 Å². The highest BCUT2D eigenvalue weighted by atomic mass is 16.6. The van der Waals surface area contributed by atoms with Crippen LogP contribution in [0.5, 0.6) is 0 Å². The minimum atomic E-state index is -0.419. The Morgan fingerprint density at radius 2 is 2.17 bits per heavy atom. The fraction of sp³-hybridized carbons (Fsp3) is 0.944. The summed E-state index contributed by atoms with van der Waals surface area (Å²) < 4.78 is 10.9. The van der Waals surface area contributed by atoms with E-state index in [-0.39, 0.29) is 6.09 Å². The molecule has 0 bridgehead atoms. The van der Waals surface area contributed by atoms with E-state index in [4.69, 9.17) is 9.47 Å². The molecular weight excluding hydrogens is 292 g/mol. The lowest BCUT2D eigenvalue weighted by Crippen LogP contribution is -2.48. The van der Waals surface area contributed by atoms with Crippen LogP contribution in [0.15, 0.2) is 0 Å². The topological polar surface area (TPSA) is 50.8 Å². The van der Waals surface area contributed by atoms with Gasteiger partial charge in [-0.15, -0.1) is 0 Å². The molecule has 3 unspecified atom stereocenters. The van der Waals surface area contributed by atoms with Crippen molar-refractivity contribution in [2.24, 2.45) is 11.8 Å². The molecule has 2 saturated heterocycles. The minimum Gasteiger partial charge on any atom is -0.444 e. The predicted octanol–water partition coefficient (Wildman–Crippen LogP) is 3.04. The summed E-state index contributed by atoms with van der Waals surface area (Å²) in [4.78, 5) is 14.1. The molecule has 0 aromatic rings. The summed E-state index contributed by atoms with van der Waals surface area (Å²) in [6.07, 6.45) is 4.46. The van der Waals surface area contributed by atoms with E-state index in [0.717, 1.165) is 45.2 Å². The van der Waals surface area contributed by atoms with Gasteiger partial charge in [-0.1, -0.05) is 0 Å². The van der Waals surface area contributed by atoms with E-state index < -0.39 is 5.60 Å². The largest absolute Gasteiger partial charge is 0.444 e. The van der Waals surface area contributed by atoms with Crippen molar-refractivity contribution < 1.29 is 14.3 Å². The van der Waals surface area contributed by atoms with Crippen molar-refractivity contribution in [1.82, 2.24) is 10.2 Å². The molecule has 0 aromatic carbocycles. The number of likely N-dealkylation sites (tertiary alicyclic amines) is 1. The van der Waals surface area contributed by atoms with Gasteiger partial charge in [0.05, 0.1) is 0 Å². The lowest BCUT2D eigenvalue weighted by molar-refractivity contribution is 0.0148. The van der Waals surface area contributed by atoms with Gasteiger partial charge < -0.3 is 19.7 Å². The Morgan fingerprint density at radius 1 is 1.39 bits per heavy atom. The summed E-state index contributed by atoms with van der Waals surface area (Å²) in [5, 5.41) is 3.65. The van der Waals surface area contributed by atoms with Crippen molar-refractivity contribution in [2.75, 3.05) is 32.8 Å². The van der Waals surface area contributed by atoms with Crippen LogP contribution in [-0.4, -0.2) is 55.5 Å². The van der Waals surface area contributed by atoms with Crippen LogP contribution in [0.25, 0.3) is 0 Å². The van der Waals surface area contributed by atoms with Crippen LogP contribution in [-0.2, 0) is 9.47 Å². The van der Waals surface area contributed by atoms with Crippen molar-refractivity contribution in [3.8, 4) is 0 Å². The summed E-state index contributed by atoms with van der Waals surface area (Å²) in [6.45, 7) is 12.5. The first-order valence-corrected chi connectivity index (χ1v) is 9.14. The Bertz CT molecular complexity index is 375. The van der Waals surface area contributed by atoms with Crippen LogP contribution >= 0.6 is 0 Å². The molecule has 0 aliphatic carbocycles. The third-order valence-electron chi connectivity index (χ3n) is 4.86.